The predicted molar refractivity (Wildman–Crippen MR) is 87.0 cm³/mol. The van der Waals surface area contributed by atoms with Crippen molar-refractivity contribution in [1.82, 2.24) is 15.1 Å². The highest BCUT2D eigenvalue weighted by Gasteiger charge is 2.22. The minimum atomic E-state index is -0.290. The number of carbonyl (C=O) groups is 1. The average molecular weight is 315 g/mol. The van der Waals surface area contributed by atoms with Gasteiger partial charge in [0.05, 0.1) is 5.69 Å². The van der Waals surface area contributed by atoms with Gasteiger partial charge in [-0.2, -0.15) is 5.10 Å². The molecule has 3 rings (SSSR count). The van der Waals surface area contributed by atoms with Gasteiger partial charge in [-0.15, -0.1) is 0 Å². The molecule has 1 aromatic carbocycles. The first-order valence-corrected chi connectivity index (χ1v) is 8.28. The minimum Gasteiger partial charge on any atom is -0.348 e. The maximum absolute atomic E-state index is 13.0. The summed E-state index contributed by atoms with van der Waals surface area (Å²) in [6, 6.07) is 7.97. The lowest BCUT2D eigenvalue weighted by molar-refractivity contribution is 0.0916. The van der Waals surface area contributed by atoms with Crippen molar-refractivity contribution < 1.29 is 9.18 Å². The highest BCUT2D eigenvalue weighted by Crippen LogP contribution is 2.26. The Labute approximate surface area is 135 Å². The lowest BCUT2D eigenvalue weighted by Gasteiger charge is -2.28. The smallest absolute Gasteiger partial charge is 0.272 e. The molecular weight excluding hydrogens is 293 g/mol. The average Bonchev–Trinajstić information content (AvgIpc) is 3.06. The van der Waals surface area contributed by atoms with Crippen LogP contribution in [0.15, 0.2) is 36.5 Å². The molecule has 1 amide bonds. The zero-order valence-electron chi connectivity index (χ0n) is 13.3. The summed E-state index contributed by atoms with van der Waals surface area (Å²) >= 11 is 0. The first-order valence-electron chi connectivity index (χ1n) is 8.28. The number of rotatable bonds is 4. The van der Waals surface area contributed by atoms with Gasteiger partial charge < -0.3 is 5.32 Å². The molecule has 1 heterocycles. The molecule has 1 aliphatic rings. The van der Waals surface area contributed by atoms with Crippen molar-refractivity contribution in [1.29, 1.82) is 0 Å². The number of benzene rings is 1. The number of nitrogens with zero attached hydrogens (tertiary/aromatic N) is 2. The molecule has 1 saturated carbocycles. The Morgan fingerprint density at radius 1 is 1.22 bits per heavy atom. The van der Waals surface area contributed by atoms with E-state index >= 15 is 0 Å². The van der Waals surface area contributed by atoms with Crippen LogP contribution in [0.2, 0.25) is 0 Å². The largest absolute Gasteiger partial charge is 0.348 e. The molecule has 23 heavy (non-hydrogen) atoms. The predicted octanol–water partition coefficient (Wildman–Crippen LogP) is 3.71. The number of hydrogen-bond donors (Lipinski definition) is 1. The van der Waals surface area contributed by atoms with E-state index in [1.54, 1.807) is 29.1 Å². The molecule has 0 aliphatic heterocycles. The number of aromatic nitrogens is 2. The van der Waals surface area contributed by atoms with Crippen molar-refractivity contribution in [3.8, 4) is 5.69 Å². The molecule has 1 N–H and O–H groups in total. The molecule has 5 heteroatoms. The van der Waals surface area contributed by atoms with Crippen molar-refractivity contribution in [2.45, 2.75) is 45.1 Å². The van der Waals surface area contributed by atoms with Crippen LogP contribution in [-0.4, -0.2) is 21.7 Å². The van der Waals surface area contributed by atoms with Crippen LogP contribution in [0.1, 0.15) is 49.5 Å². The number of amides is 1. The number of carbonyl (C=O) groups excluding carboxylic acids is 1. The lowest BCUT2D eigenvalue weighted by atomic mass is 9.84. The Balaban J connectivity index is 1.61. The third kappa shape index (κ3) is 3.78. The van der Waals surface area contributed by atoms with E-state index in [9.17, 15) is 9.18 Å². The van der Waals surface area contributed by atoms with E-state index in [0.717, 1.165) is 24.4 Å². The van der Waals surface area contributed by atoms with Gasteiger partial charge in [-0.05, 0) is 61.9 Å². The van der Waals surface area contributed by atoms with Crippen molar-refractivity contribution in [3.05, 3.63) is 48.0 Å². The summed E-state index contributed by atoms with van der Waals surface area (Å²) in [6.07, 6.45) is 7.40. The molecule has 0 atom stereocenters. The van der Waals surface area contributed by atoms with Crippen molar-refractivity contribution in [2.24, 2.45) is 5.92 Å². The SMILES string of the molecule is CCC1CCC(NC(=O)c2ccn(-c3ccc(F)cc3)n2)CC1. The fraction of sp³-hybridized carbons (Fsp3) is 0.444. The second kappa shape index (κ2) is 6.94. The zero-order chi connectivity index (χ0) is 16.2. The number of nitrogens with one attached hydrogen (secondary N) is 1. The maximum atomic E-state index is 13.0. The van der Waals surface area contributed by atoms with Crippen molar-refractivity contribution >= 4 is 5.91 Å². The quantitative estimate of drug-likeness (QED) is 0.935. The molecule has 0 spiro atoms. The molecule has 1 aromatic heterocycles. The first-order chi connectivity index (χ1) is 11.2. The number of halogens is 1. The standard InChI is InChI=1S/C18H22FN3O/c1-2-13-3-7-15(8-4-13)20-18(23)17-11-12-22(21-17)16-9-5-14(19)6-10-16/h5-6,9-13,15H,2-4,7-8H2,1H3,(H,20,23). The molecule has 0 radical (unpaired) electrons. The van der Waals surface area contributed by atoms with Gasteiger partial charge in [0, 0.05) is 12.2 Å². The fourth-order valence-corrected chi connectivity index (χ4v) is 3.16. The van der Waals surface area contributed by atoms with E-state index in [-0.39, 0.29) is 17.8 Å². The summed E-state index contributed by atoms with van der Waals surface area (Å²) in [7, 11) is 0. The molecular formula is C18H22FN3O. The van der Waals surface area contributed by atoms with E-state index in [2.05, 4.69) is 17.3 Å². The van der Waals surface area contributed by atoms with Crippen LogP contribution in [0.25, 0.3) is 5.69 Å². The summed E-state index contributed by atoms with van der Waals surface area (Å²) in [5, 5.41) is 7.37. The Morgan fingerprint density at radius 3 is 2.57 bits per heavy atom. The third-order valence-electron chi connectivity index (χ3n) is 4.67. The molecule has 0 unspecified atom stereocenters. The van der Waals surface area contributed by atoms with E-state index in [0.29, 0.717) is 5.69 Å². The van der Waals surface area contributed by atoms with Crippen LogP contribution < -0.4 is 5.32 Å². The zero-order valence-corrected chi connectivity index (χ0v) is 13.3. The normalized spacial score (nSPS) is 21.1. The van der Waals surface area contributed by atoms with Crippen LogP contribution in [0.4, 0.5) is 4.39 Å². The van der Waals surface area contributed by atoms with Crippen molar-refractivity contribution in [3.63, 3.8) is 0 Å². The lowest BCUT2D eigenvalue weighted by Crippen LogP contribution is -2.37. The van der Waals surface area contributed by atoms with Crippen LogP contribution in [-0.2, 0) is 0 Å². The summed E-state index contributed by atoms with van der Waals surface area (Å²) in [6.45, 7) is 2.23. The summed E-state index contributed by atoms with van der Waals surface area (Å²) < 4.78 is 14.5. The monoisotopic (exact) mass is 315 g/mol. The summed E-state index contributed by atoms with van der Waals surface area (Å²) in [4.78, 5) is 12.3. The highest BCUT2D eigenvalue weighted by molar-refractivity contribution is 5.92. The topological polar surface area (TPSA) is 46.9 Å². The number of hydrogen-bond acceptors (Lipinski definition) is 2. The summed E-state index contributed by atoms with van der Waals surface area (Å²) in [5.41, 5.74) is 1.13. The van der Waals surface area contributed by atoms with Crippen LogP contribution in [0.5, 0.6) is 0 Å². The van der Waals surface area contributed by atoms with E-state index in [1.807, 2.05) is 0 Å². The van der Waals surface area contributed by atoms with Gasteiger partial charge in [0.25, 0.3) is 5.91 Å². The van der Waals surface area contributed by atoms with Gasteiger partial charge in [0.2, 0.25) is 0 Å². The first kappa shape index (κ1) is 15.7. The second-order valence-electron chi connectivity index (χ2n) is 6.22. The van der Waals surface area contributed by atoms with E-state index < -0.39 is 0 Å². The van der Waals surface area contributed by atoms with Crippen LogP contribution >= 0.6 is 0 Å². The third-order valence-corrected chi connectivity index (χ3v) is 4.67. The Morgan fingerprint density at radius 2 is 1.91 bits per heavy atom. The fourth-order valence-electron chi connectivity index (χ4n) is 3.16. The molecule has 1 fully saturated rings. The second-order valence-corrected chi connectivity index (χ2v) is 6.22. The molecule has 4 nitrogen and oxygen atoms in total. The summed E-state index contributed by atoms with van der Waals surface area (Å²) in [5.74, 6) is 0.383. The Kier molecular flexibility index (Phi) is 4.74. The van der Waals surface area contributed by atoms with E-state index in [1.165, 1.54) is 31.4 Å². The molecule has 0 bridgehead atoms. The molecule has 0 saturated heterocycles. The van der Waals surface area contributed by atoms with Gasteiger partial charge in [0.15, 0.2) is 5.69 Å². The van der Waals surface area contributed by atoms with Gasteiger partial charge in [-0.25, -0.2) is 9.07 Å². The van der Waals surface area contributed by atoms with Gasteiger partial charge >= 0.3 is 0 Å². The molecule has 122 valence electrons. The van der Waals surface area contributed by atoms with E-state index in [4.69, 9.17) is 0 Å². The minimum absolute atomic E-state index is 0.134. The van der Waals surface area contributed by atoms with Crippen LogP contribution in [0, 0.1) is 11.7 Å². The van der Waals surface area contributed by atoms with Gasteiger partial charge in [-0.1, -0.05) is 13.3 Å². The Bertz CT molecular complexity index is 657. The maximum Gasteiger partial charge on any atom is 0.272 e. The highest BCUT2D eigenvalue weighted by atomic mass is 19.1. The molecule has 1 aliphatic carbocycles. The van der Waals surface area contributed by atoms with Gasteiger partial charge in [-0.3, -0.25) is 4.79 Å². The molecule has 2 aromatic rings. The Hall–Kier alpha value is -2.17. The van der Waals surface area contributed by atoms with Gasteiger partial charge in [0.1, 0.15) is 5.82 Å². The van der Waals surface area contributed by atoms with Crippen molar-refractivity contribution in [2.75, 3.05) is 0 Å². The van der Waals surface area contributed by atoms with Crippen LogP contribution in [0.3, 0.4) is 0 Å².